The molecule has 1 aliphatic heterocycles. The van der Waals surface area contributed by atoms with Crippen LogP contribution < -0.4 is 14.5 Å². The van der Waals surface area contributed by atoms with Crippen molar-refractivity contribution in [1.82, 2.24) is 9.55 Å². The van der Waals surface area contributed by atoms with Crippen LogP contribution in [0.5, 0.6) is 11.5 Å². The first-order valence-electron chi connectivity index (χ1n) is 29.4. The van der Waals surface area contributed by atoms with Gasteiger partial charge in [0, 0.05) is 45.9 Å². The lowest BCUT2D eigenvalue weighted by molar-refractivity contribution is -0.212. The van der Waals surface area contributed by atoms with E-state index in [0.717, 1.165) is 80.4 Å². The molecule has 7 aliphatic carbocycles. The van der Waals surface area contributed by atoms with Crippen LogP contribution in [0.2, 0.25) is 0 Å². The van der Waals surface area contributed by atoms with Crippen LogP contribution in [0.3, 0.4) is 0 Å². The van der Waals surface area contributed by atoms with E-state index in [1.165, 1.54) is 44.1 Å². The number of fused-ring (bicyclic) bond motifs is 4. The molecule has 68 heavy (non-hydrogen) atoms. The number of hydrogen-bond donors (Lipinski definition) is 0. The SMILES string of the molecule is [2H]c1c([2H])c([2H])c(-c2cccc(-c3c([2H])c([2H])c([2H])c([2H])c3[2H])c2N2c3ccccc3N(c3cccc(Oc4ccc5c6ccccc6n(-c6cc(C78CC9C%10CC%11CC9C(C7)C(C%11)C%10C8)ccn6)c5c4)c3)C2C)c([2H])c1[2H]. The molecule has 1 atom stereocenters. The van der Waals surface area contributed by atoms with Gasteiger partial charge in [0.1, 0.15) is 23.5 Å². The lowest BCUT2D eigenvalue weighted by Crippen LogP contribution is -2.66. The van der Waals surface area contributed by atoms with Crippen LogP contribution >= 0.6 is 0 Å². The normalized spacial score (nSPS) is 29.2. The van der Waals surface area contributed by atoms with Crippen LogP contribution in [0.4, 0.5) is 22.7 Å². The Morgan fingerprint density at radius 3 is 1.85 bits per heavy atom. The second-order valence-electron chi connectivity index (χ2n) is 20.5. The molecule has 1 unspecified atom stereocenters. The van der Waals surface area contributed by atoms with Gasteiger partial charge in [0.05, 0.1) is 41.8 Å². The highest BCUT2D eigenvalue weighted by molar-refractivity contribution is 6.09. The molecular weight excluding hydrogens is 829 g/mol. The molecule has 0 amide bonds. The van der Waals surface area contributed by atoms with E-state index in [1.807, 2.05) is 72.6 Å². The van der Waals surface area contributed by atoms with Gasteiger partial charge in [0.15, 0.2) is 0 Å². The van der Waals surface area contributed by atoms with E-state index in [4.69, 9.17) is 23.4 Å². The predicted octanol–water partition coefficient (Wildman–Crippen LogP) is 15.9. The molecule has 5 heteroatoms. The summed E-state index contributed by atoms with van der Waals surface area (Å²) in [6.45, 7) is 1.98. The fourth-order valence-electron chi connectivity index (χ4n) is 15.3. The van der Waals surface area contributed by atoms with Crippen LogP contribution in [0, 0.1) is 41.4 Å². The number of rotatable bonds is 8. The first kappa shape index (κ1) is 30.3. The number of ether oxygens (including phenoxy) is 1. The summed E-state index contributed by atoms with van der Waals surface area (Å²) in [5.41, 5.74) is 6.60. The van der Waals surface area contributed by atoms with Crippen molar-refractivity contribution >= 4 is 44.6 Å². The number of pyridine rings is 1. The Balaban J connectivity index is 0.814. The highest BCUT2D eigenvalue weighted by Gasteiger charge is 2.67. The topological polar surface area (TPSA) is 33.5 Å². The number of aromatic nitrogens is 2. The summed E-state index contributed by atoms with van der Waals surface area (Å²) in [4.78, 5) is 9.20. The third-order valence-corrected chi connectivity index (χ3v) is 17.5. The Hall–Kier alpha value is -7.11. The van der Waals surface area contributed by atoms with Crippen molar-refractivity contribution in [2.45, 2.75) is 57.0 Å². The van der Waals surface area contributed by atoms with Crippen molar-refractivity contribution in [3.05, 3.63) is 194 Å². The monoisotopic (exact) mass is 892 g/mol. The summed E-state index contributed by atoms with van der Waals surface area (Å²) in [6, 6.07) is 35.1. The highest BCUT2D eigenvalue weighted by Crippen LogP contribution is 2.74. The molecule has 7 saturated carbocycles. The summed E-state index contributed by atoms with van der Waals surface area (Å²) in [7, 11) is 0. The fraction of sp³-hybridized carbons (Fsp3) is 0.254. The van der Waals surface area contributed by atoms with E-state index < -0.39 is 66.6 Å². The van der Waals surface area contributed by atoms with Gasteiger partial charge in [-0.05, 0) is 164 Å². The van der Waals surface area contributed by atoms with Crippen LogP contribution in [0.1, 0.15) is 64.7 Å². The van der Waals surface area contributed by atoms with Crippen molar-refractivity contribution < 1.29 is 18.4 Å². The van der Waals surface area contributed by atoms with Crippen molar-refractivity contribution in [2.75, 3.05) is 9.80 Å². The quantitative estimate of drug-likeness (QED) is 0.152. The van der Waals surface area contributed by atoms with Crippen LogP contribution in [0.25, 0.3) is 49.9 Å². The Morgan fingerprint density at radius 2 is 1.16 bits per heavy atom. The Morgan fingerprint density at radius 1 is 0.559 bits per heavy atom. The van der Waals surface area contributed by atoms with Crippen LogP contribution in [-0.4, -0.2) is 15.7 Å². The van der Waals surface area contributed by atoms with E-state index in [1.54, 1.807) is 18.2 Å². The largest absolute Gasteiger partial charge is 0.457 e. The van der Waals surface area contributed by atoms with Gasteiger partial charge < -0.3 is 14.5 Å². The first-order chi connectivity index (χ1) is 37.7. The Bertz CT molecular complexity index is 3860. The molecule has 2 aromatic heterocycles. The summed E-state index contributed by atoms with van der Waals surface area (Å²) < 4.78 is 97.2. The number of nitrogens with zero attached hydrogens (tertiary/aromatic N) is 4. The molecule has 7 fully saturated rings. The van der Waals surface area contributed by atoms with Gasteiger partial charge in [0.25, 0.3) is 0 Å². The molecule has 0 saturated heterocycles. The minimum absolute atomic E-state index is 0.0797. The summed E-state index contributed by atoms with van der Waals surface area (Å²) >= 11 is 0. The average molecular weight is 893 g/mol. The minimum atomic E-state index is -0.592. The lowest BCUT2D eigenvalue weighted by atomic mass is 9.32. The molecule has 0 N–H and O–H groups in total. The minimum Gasteiger partial charge on any atom is -0.457 e. The van der Waals surface area contributed by atoms with Gasteiger partial charge >= 0.3 is 0 Å². The van der Waals surface area contributed by atoms with Crippen LogP contribution in [0.15, 0.2) is 188 Å². The summed E-state index contributed by atoms with van der Waals surface area (Å²) in [6.07, 6.45) is 9.82. The molecule has 5 nitrogen and oxygen atoms in total. The second-order valence-corrected chi connectivity index (χ2v) is 20.5. The molecular formula is C63H54N4O. The number of para-hydroxylation sites is 4. The first-order valence-corrected chi connectivity index (χ1v) is 24.4. The molecule has 0 radical (unpaired) electrons. The van der Waals surface area contributed by atoms with Gasteiger partial charge in [-0.1, -0.05) is 115 Å². The standard InChI is InChI=1S/C63H54N4O/c1-39-65(58-24-10-11-25-59(58)66(39)62-47(41-14-4-2-5-15-41)21-13-22-48(62)42-16-6-3-7-17-42)44-18-12-19-45(34-44)68-46-26-27-50-49-20-8-9-23-57(49)67(60(50)35-46)61-33-43(28-29-64-61)63-36-54-51-30-40-31-52(54)56(38-63)53(32-40)55(51)37-63/h2-29,33-35,39-40,51-56H,30-32,36-38H2,1H3/i2D,3D,4D,5D,6D,7D,14D,15D,16D,17D. The number of anilines is 4. The molecule has 9 aromatic rings. The number of benzene rings is 7. The zero-order chi connectivity index (χ0) is 53.4. The highest BCUT2D eigenvalue weighted by atomic mass is 16.5. The Kier molecular flexibility index (Phi) is 6.55. The van der Waals surface area contributed by atoms with E-state index >= 15 is 0 Å². The summed E-state index contributed by atoms with van der Waals surface area (Å²) in [5, 5.41) is 2.25. The maximum atomic E-state index is 9.13. The van der Waals surface area contributed by atoms with Crippen molar-refractivity contribution in [3.8, 4) is 39.6 Å². The van der Waals surface area contributed by atoms with Crippen molar-refractivity contribution in [2.24, 2.45) is 41.4 Å². The molecule has 8 aliphatic rings. The fourth-order valence-corrected chi connectivity index (χ4v) is 15.3. The van der Waals surface area contributed by atoms with Crippen molar-refractivity contribution in [1.29, 1.82) is 0 Å². The van der Waals surface area contributed by atoms with Crippen molar-refractivity contribution in [3.63, 3.8) is 0 Å². The van der Waals surface area contributed by atoms with Crippen LogP contribution in [-0.2, 0) is 5.41 Å². The summed E-state index contributed by atoms with van der Waals surface area (Å²) in [5.74, 6) is 8.59. The zero-order valence-corrected chi connectivity index (χ0v) is 37.7. The maximum Gasteiger partial charge on any atom is 0.137 e. The molecule has 0 spiro atoms. The molecule has 3 heterocycles. The van der Waals surface area contributed by atoms with Gasteiger partial charge in [0.2, 0.25) is 0 Å². The van der Waals surface area contributed by atoms with Gasteiger partial charge in [-0.25, -0.2) is 4.98 Å². The van der Waals surface area contributed by atoms with Gasteiger partial charge in [-0.3, -0.25) is 4.57 Å². The zero-order valence-electron chi connectivity index (χ0n) is 47.7. The van der Waals surface area contributed by atoms with E-state index in [-0.39, 0.29) is 27.7 Å². The van der Waals surface area contributed by atoms with Gasteiger partial charge in [-0.15, -0.1) is 0 Å². The average Bonchev–Trinajstić information content (AvgIpc) is 3.27. The molecule has 8 bridgehead atoms. The third-order valence-electron chi connectivity index (χ3n) is 17.5. The lowest BCUT2D eigenvalue weighted by Gasteiger charge is -2.72. The third kappa shape index (κ3) is 5.65. The van der Waals surface area contributed by atoms with E-state index in [2.05, 4.69) is 58.0 Å². The molecule has 7 aromatic carbocycles. The molecule has 332 valence electrons. The predicted molar refractivity (Wildman–Crippen MR) is 276 cm³/mol. The van der Waals surface area contributed by atoms with E-state index in [0.29, 0.717) is 22.9 Å². The van der Waals surface area contributed by atoms with Gasteiger partial charge in [-0.2, -0.15) is 0 Å². The maximum absolute atomic E-state index is 9.13. The Labute approximate surface area is 412 Å². The van der Waals surface area contributed by atoms with E-state index in [9.17, 15) is 0 Å². The molecule has 17 rings (SSSR count). The second kappa shape index (κ2) is 14.7. The number of hydrogen-bond acceptors (Lipinski definition) is 4. The smallest absolute Gasteiger partial charge is 0.137 e.